The fourth-order valence-electron chi connectivity index (χ4n) is 3.10. The maximum atomic E-state index is 12.7. The van der Waals surface area contributed by atoms with Gasteiger partial charge in [-0.2, -0.15) is 0 Å². The van der Waals surface area contributed by atoms with Gasteiger partial charge in [0.05, 0.1) is 7.11 Å². The molecule has 1 aliphatic rings. The zero-order chi connectivity index (χ0) is 15.3. The minimum absolute atomic E-state index is 0.0268. The van der Waals surface area contributed by atoms with Crippen molar-refractivity contribution in [3.63, 3.8) is 0 Å². The van der Waals surface area contributed by atoms with Gasteiger partial charge in [0.1, 0.15) is 11.4 Å². The molecule has 1 saturated carbocycles. The highest BCUT2D eigenvalue weighted by Crippen LogP contribution is 2.36. The second kappa shape index (κ2) is 6.94. The fourth-order valence-corrected chi connectivity index (χ4v) is 3.10. The Morgan fingerprint density at radius 2 is 2.10 bits per heavy atom. The maximum absolute atomic E-state index is 12.7. The number of hydrogen-bond acceptors (Lipinski definition) is 3. The number of hydrogen-bond donors (Lipinski definition) is 1. The summed E-state index contributed by atoms with van der Waals surface area (Å²) in [5.74, 6) is 1.27. The van der Waals surface area contributed by atoms with E-state index in [1.165, 1.54) is 6.42 Å². The first-order valence-electron chi connectivity index (χ1n) is 7.69. The van der Waals surface area contributed by atoms with Gasteiger partial charge in [0.25, 0.3) is 5.91 Å². The highest BCUT2D eigenvalue weighted by atomic mass is 16.5. The van der Waals surface area contributed by atoms with Crippen molar-refractivity contribution in [2.45, 2.75) is 45.1 Å². The van der Waals surface area contributed by atoms with Crippen molar-refractivity contribution in [1.82, 2.24) is 0 Å². The van der Waals surface area contributed by atoms with E-state index in [9.17, 15) is 4.79 Å². The monoisotopic (exact) mass is 291 g/mol. The minimum atomic E-state index is -0.674. The number of benzene rings is 1. The summed E-state index contributed by atoms with van der Waals surface area (Å²) in [4.78, 5) is 12.7. The molecule has 4 nitrogen and oxygen atoms in total. The van der Waals surface area contributed by atoms with Crippen LogP contribution in [0.1, 0.15) is 39.5 Å². The Labute approximate surface area is 126 Å². The van der Waals surface area contributed by atoms with Gasteiger partial charge < -0.3 is 14.8 Å². The smallest absolute Gasteiger partial charge is 0.256 e. The molecule has 116 valence electrons. The molecule has 1 aromatic rings. The lowest BCUT2D eigenvalue weighted by Gasteiger charge is -2.38. The van der Waals surface area contributed by atoms with Gasteiger partial charge in [0.2, 0.25) is 0 Å². The molecule has 1 aromatic carbocycles. The highest BCUT2D eigenvalue weighted by molar-refractivity contribution is 5.97. The molecule has 2 atom stereocenters. The molecule has 21 heavy (non-hydrogen) atoms. The van der Waals surface area contributed by atoms with Gasteiger partial charge in [-0.25, -0.2) is 0 Å². The Morgan fingerprint density at radius 1 is 1.38 bits per heavy atom. The predicted octanol–water partition coefficient (Wildman–Crippen LogP) is 3.62. The summed E-state index contributed by atoms with van der Waals surface area (Å²) >= 11 is 0. The molecule has 0 aromatic heterocycles. The average Bonchev–Trinajstić information content (AvgIpc) is 2.48. The third-order valence-corrected chi connectivity index (χ3v) is 4.14. The topological polar surface area (TPSA) is 47.6 Å². The van der Waals surface area contributed by atoms with Crippen LogP contribution in [-0.2, 0) is 9.53 Å². The number of carbonyl (C=O) groups is 1. The number of amides is 1. The second-order valence-electron chi connectivity index (χ2n) is 5.81. The van der Waals surface area contributed by atoms with Crippen LogP contribution in [0.25, 0.3) is 0 Å². The molecule has 0 saturated heterocycles. The summed E-state index contributed by atoms with van der Waals surface area (Å²) in [6, 6.07) is 7.38. The first-order valence-corrected chi connectivity index (χ1v) is 7.69. The largest absolute Gasteiger partial charge is 0.497 e. The number of carbonyl (C=O) groups excluding carboxylic acids is 1. The lowest BCUT2D eigenvalue weighted by Crippen LogP contribution is -2.48. The van der Waals surface area contributed by atoms with Gasteiger partial charge in [-0.05, 0) is 56.4 Å². The van der Waals surface area contributed by atoms with Gasteiger partial charge in [0.15, 0.2) is 0 Å². The van der Waals surface area contributed by atoms with Crippen molar-refractivity contribution in [3.05, 3.63) is 24.3 Å². The number of rotatable bonds is 5. The van der Waals surface area contributed by atoms with Crippen LogP contribution in [0.3, 0.4) is 0 Å². The standard InChI is InChI=1S/C17H25NO3/c1-4-21-17(11-5-6-13(2)12-17)16(19)18-14-7-9-15(20-3)10-8-14/h7-10,13H,4-6,11-12H2,1-3H3,(H,18,19)/t13-,17-/m1/s1. The maximum Gasteiger partial charge on any atom is 0.256 e. The first kappa shape index (κ1) is 15.8. The van der Waals surface area contributed by atoms with E-state index in [4.69, 9.17) is 9.47 Å². The van der Waals surface area contributed by atoms with Crippen molar-refractivity contribution in [2.75, 3.05) is 19.0 Å². The van der Waals surface area contributed by atoms with E-state index in [0.29, 0.717) is 12.5 Å². The van der Waals surface area contributed by atoms with E-state index in [0.717, 1.165) is 30.7 Å². The van der Waals surface area contributed by atoms with Gasteiger partial charge in [-0.1, -0.05) is 13.3 Å². The van der Waals surface area contributed by atoms with Crippen LogP contribution in [0, 0.1) is 5.92 Å². The fraction of sp³-hybridized carbons (Fsp3) is 0.588. The number of nitrogens with one attached hydrogen (secondary N) is 1. The summed E-state index contributed by atoms with van der Waals surface area (Å²) in [7, 11) is 1.63. The third-order valence-electron chi connectivity index (χ3n) is 4.14. The van der Waals surface area contributed by atoms with Crippen LogP contribution in [0.5, 0.6) is 5.75 Å². The molecule has 0 bridgehead atoms. The summed E-state index contributed by atoms with van der Waals surface area (Å²) in [5.41, 5.74) is 0.102. The lowest BCUT2D eigenvalue weighted by molar-refractivity contribution is -0.147. The first-order chi connectivity index (χ1) is 10.1. The molecule has 0 radical (unpaired) electrons. The van der Waals surface area contributed by atoms with E-state index >= 15 is 0 Å². The number of ether oxygens (including phenoxy) is 2. The van der Waals surface area contributed by atoms with Crippen LogP contribution >= 0.6 is 0 Å². The molecule has 0 unspecified atom stereocenters. The van der Waals surface area contributed by atoms with Crippen molar-refractivity contribution in [3.8, 4) is 5.75 Å². The van der Waals surface area contributed by atoms with Gasteiger partial charge in [-0.15, -0.1) is 0 Å². The summed E-state index contributed by atoms with van der Waals surface area (Å²) in [5, 5.41) is 2.99. The molecule has 1 amide bonds. The summed E-state index contributed by atoms with van der Waals surface area (Å²) < 4.78 is 11.0. The van der Waals surface area contributed by atoms with Crippen molar-refractivity contribution >= 4 is 11.6 Å². The Hall–Kier alpha value is -1.55. The summed E-state index contributed by atoms with van der Waals surface area (Å²) in [6.45, 7) is 4.69. The van der Waals surface area contributed by atoms with Gasteiger partial charge >= 0.3 is 0 Å². The molecular weight excluding hydrogens is 266 g/mol. The molecular formula is C17H25NO3. The van der Waals surface area contributed by atoms with Crippen molar-refractivity contribution in [1.29, 1.82) is 0 Å². The number of anilines is 1. The van der Waals surface area contributed by atoms with Crippen LogP contribution in [-0.4, -0.2) is 25.2 Å². The Balaban J connectivity index is 2.10. The van der Waals surface area contributed by atoms with E-state index in [1.807, 2.05) is 31.2 Å². The molecule has 4 heteroatoms. The van der Waals surface area contributed by atoms with E-state index < -0.39 is 5.60 Å². The zero-order valence-electron chi connectivity index (χ0n) is 13.1. The van der Waals surface area contributed by atoms with Crippen LogP contribution in [0.4, 0.5) is 5.69 Å². The Kier molecular flexibility index (Phi) is 5.23. The predicted molar refractivity (Wildman–Crippen MR) is 83.6 cm³/mol. The molecule has 1 N–H and O–H groups in total. The molecule has 0 heterocycles. The van der Waals surface area contributed by atoms with Crippen LogP contribution in [0.15, 0.2) is 24.3 Å². The molecule has 0 spiro atoms. The molecule has 0 aliphatic heterocycles. The molecule has 1 fully saturated rings. The third kappa shape index (κ3) is 3.76. The average molecular weight is 291 g/mol. The Bertz CT molecular complexity index is 467. The Morgan fingerprint density at radius 3 is 2.67 bits per heavy atom. The van der Waals surface area contributed by atoms with Crippen LogP contribution in [0.2, 0.25) is 0 Å². The highest BCUT2D eigenvalue weighted by Gasteiger charge is 2.42. The molecule has 2 rings (SSSR count). The van der Waals surface area contributed by atoms with Crippen molar-refractivity contribution in [2.24, 2.45) is 5.92 Å². The summed E-state index contributed by atoms with van der Waals surface area (Å²) in [6.07, 6.45) is 3.80. The minimum Gasteiger partial charge on any atom is -0.497 e. The van der Waals surface area contributed by atoms with Gasteiger partial charge in [0, 0.05) is 12.3 Å². The van der Waals surface area contributed by atoms with Crippen molar-refractivity contribution < 1.29 is 14.3 Å². The zero-order valence-corrected chi connectivity index (χ0v) is 13.1. The van der Waals surface area contributed by atoms with E-state index in [1.54, 1.807) is 7.11 Å². The van der Waals surface area contributed by atoms with Crippen LogP contribution < -0.4 is 10.1 Å². The quantitative estimate of drug-likeness (QED) is 0.901. The molecule has 1 aliphatic carbocycles. The second-order valence-corrected chi connectivity index (χ2v) is 5.81. The van der Waals surface area contributed by atoms with E-state index in [2.05, 4.69) is 12.2 Å². The lowest BCUT2D eigenvalue weighted by atomic mass is 9.78. The number of methoxy groups -OCH3 is 1. The van der Waals surface area contributed by atoms with Gasteiger partial charge in [-0.3, -0.25) is 4.79 Å². The SMILES string of the molecule is CCO[C@]1(C(=O)Nc2ccc(OC)cc2)CCC[C@@H](C)C1. The van der Waals surface area contributed by atoms with E-state index in [-0.39, 0.29) is 5.91 Å². The normalized spacial score (nSPS) is 25.4.